The van der Waals surface area contributed by atoms with Crippen LogP contribution in [0.15, 0.2) is 28.0 Å². The van der Waals surface area contributed by atoms with Crippen LogP contribution in [0.5, 0.6) is 0 Å². The number of sulfonamides is 1. The highest BCUT2D eigenvalue weighted by Gasteiger charge is 2.23. The van der Waals surface area contributed by atoms with Crippen molar-refractivity contribution in [2.75, 3.05) is 4.72 Å². The van der Waals surface area contributed by atoms with Gasteiger partial charge in [-0.25, -0.2) is 0 Å². The fourth-order valence-electron chi connectivity index (χ4n) is 1.54. The Hall–Kier alpha value is -1.45. The molecular formula is C10H12BrN5O2S. The standard InChI is InChI=1S/C10H12BrN5O2S/c1-6-7(4-12)10(15-14-6)19(17,18)16-9-2-3-13-5-8(9)11/h2-3,5H,4,12H2,1H3,(H,13,16)(H,14,15). The third kappa shape index (κ3) is 2.77. The number of rotatable bonds is 4. The fraction of sp³-hybridized carbons (Fsp3) is 0.200. The third-order valence-electron chi connectivity index (χ3n) is 2.51. The molecule has 0 fully saturated rings. The Kier molecular flexibility index (Phi) is 3.88. The van der Waals surface area contributed by atoms with Crippen LogP contribution < -0.4 is 10.5 Å². The van der Waals surface area contributed by atoms with E-state index in [2.05, 4.69) is 35.8 Å². The van der Waals surface area contributed by atoms with E-state index in [1.165, 1.54) is 12.4 Å². The molecule has 0 aromatic carbocycles. The second-order valence-electron chi connectivity index (χ2n) is 3.80. The number of pyridine rings is 1. The smallest absolute Gasteiger partial charge is 0.281 e. The van der Waals surface area contributed by atoms with E-state index in [0.29, 0.717) is 21.4 Å². The van der Waals surface area contributed by atoms with Crippen molar-refractivity contribution in [3.63, 3.8) is 0 Å². The van der Waals surface area contributed by atoms with Crippen LogP contribution in [0.1, 0.15) is 11.3 Å². The normalized spacial score (nSPS) is 11.5. The van der Waals surface area contributed by atoms with Crippen LogP contribution in [0, 0.1) is 6.92 Å². The number of nitrogens with zero attached hydrogens (tertiary/aromatic N) is 2. The summed E-state index contributed by atoms with van der Waals surface area (Å²) < 4.78 is 27.5. The zero-order valence-corrected chi connectivity index (χ0v) is 12.4. The predicted molar refractivity (Wildman–Crippen MR) is 74.0 cm³/mol. The van der Waals surface area contributed by atoms with Crippen molar-refractivity contribution in [2.24, 2.45) is 5.73 Å². The van der Waals surface area contributed by atoms with Crippen molar-refractivity contribution in [3.8, 4) is 0 Å². The molecule has 0 unspecified atom stereocenters. The minimum Gasteiger partial charge on any atom is -0.326 e. The van der Waals surface area contributed by atoms with Crippen LogP contribution in [0.3, 0.4) is 0 Å². The van der Waals surface area contributed by atoms with Crippen molar-refractivity contribution in [2.45, 2.75) is 18.5 Å². The van der Waals surface area contributed by atoms with E-state index in [1.807, 2.05) is 0 Å². The fourth-order valence-corrected chi connectivity index (χ4v) is 3.32. The lowest BCUT2D eigenvalue weighted by Gasteiger charge is -2.08. The molecule has 2 heterocycles. The molecule has 0 aliphatic rings. The Morgan fingerprint density at radius 1 is 1.53 bits per heavy atom. The van der Waals surface area contributed by atoms with E-state index >= 15 is 0 Å². The van der Waals surface area contributed by atoms with Gasteiger partial charge in [0.1, 0.15) is 0 Å². The summed E-state index contributed by atoms with van der Waals surface area (Å²) in [7, 11) is -3.79. The quantitative estimate of drug-likeness (QED) is 0.768. The first kappa shape index (κ1) is 14.0. The van der Waals surface area contributed by atoms with Crippen LogP contribution in [-0.4, -0.2) is 23.6 Å². The zero-order chi connectivity index (χ0) is 14.0. The molecule has 0 spiro atoms. The number of nitrogens with two attached hydrogens (primary N) is 1. The highest BCUT2D eigenvalue weighted by atomic mass is 79.9. The average Bonchev–Trinajstić information content (AvgIpc) is 2.74. The van der Waals surface area contributed by atoms with Crippen LogP contribution in [0.4, 0.5) is 5.69 Å². The Morgan fingerprint density at radius 3 is 2.89 bits per heavy atom. The van der Waals surface area contributed by atoms with Gasteiger partial charge in [0.2, 0.25) is 5.03 Å². The van der Waals surface area contributed by atoms with Crippen LogP contribution in [0.2, 0.25) is 0 Å². The monoisotopic (exact) mass is 345 g/mol. The number of nitrogens with one attached hydrogen (secondary N) is 2. The van der Waals surface area contributed by atoms with E-state index in [0.717, 1.165) is 0 Å². The van der Waals surface area contributed by atoms with Crippen LogP contribution >= 0.6 is 15.9 Å². The second-order valence-corrected chi connectivity index (χ2v) is 6.25. The molecule has 0 radical (unpaired) electrons. The largest absolute Gasteiger partial charge is 0.326 e. The first-order valence-electron chi connectivity index (χ1n) is 5.32. The lowest BCUT2D eigenvalue weighted by Crippen LogP contribution is -2.16. The lowest BCUT2D eigenvalue weighted by atomic mass is 10.3. The molecule has 0 saturated heterocycles. The number of halogens is 1. The molecule has 2 rings (SSSR count). The van der Waals surface area contributed by atoms with Gasteiger partial charge < -0.3 is 5.73 Å². The number of aryl methyl sites for hydroxylation is 1. The minimum atomic E-state index is -3.79. The van der Waals surface area contributed by atoms with Crippen molar-refractivity contribution >= 4 is 31.6 Å². The van der Waals surface area contributed by atoms with Gasteiger partial charge in [0.15, 0.2) is 0 Å². The molecule has 0 atom stereocenters. The van der Waals surface area contributed by atoms with Gasteiger partial charge in [-0.3, -0.25) is 14.8 Å². The Labute approximate surface area is 118 Å². The van der Waals surface area contributed by atoms with Gasteiger partial charge in [0.05, 0.1) is 10.2 Å². The SMILES string of the molecule is Cc1[nH]nc(S(=O)(=O)Nc2ccncc2Br)c1CN. The van der Waals surface area contributed by atoms with Gasteiger partial charge in [-0.05, 0) is 28.9 Å². The molecule has 19 heavy (non-hydrogen) atoms. The van der Waals surface area contributed by atoms with E-state index in [4.69, 9.17) is 5.73 Å². The van der Waals surface area contributed by atoms with Crippen LogP contribution in [-0.2, 0) is 16.6 Å². The maximum absolute atomic E-state index is 12.3. The summed E-state index contributed by atoms with van der Waals surface area (Å²) in [6, 6.07) is 1.54. The molecule has 102 valence electrons. The molecular weight excluding hydrogens is 334 g/mol. The van der Waals surface area contributed by atoms with E-state index in [-0.39, 0.29) is 11.6 Å². The maximum Gasteiger partial charge on any atom is 0.281 e. The zero-order valence-electron chi connectivity index (χ0n) is 10.0. The number of H-pyrrole nitrogens is 1. The molecule has 4 N–H and O–H groups in total. The van der Waals surface area contributed by atoms with Crippen molar-refractivity contribution in [3.05, 3.63) is 34.2 Å². The predicted octanol–water partition coefficient (Wildman–Crippen LogP) is 1.14. The Balaban J connectivity index is 2.41. The highest BCUT2D eigenvalue weighted by Crippen LogP contribution is 2.24. The minimum absolute atomic E-state index is 0.0868. The van der Waals surface area contributed by atoms with Crippen molar-refractivity contribution in [1.29, 1.82) is 0 Å². The van der Waals surface area contributed by atoms with E-state index in [9.17, 15) is 8.42 Å². The number of hydrogen-bond donors (Lipinski definition) is 3. The van der Waals surface area contributed by atoms with Gasteiger partial charge in [-0.15, -0.1) is 0 Å². The summed E-state index contributed by atoms with van der Waals surface area (Å²) in [4.78, 5) is 3.86. The van der Waals surface area contributed by atoms with Crippen molar-refractivity contribution in [1.82, 2.24) is 15.2 Å². The Bertz CT molecular complexity index is 698. The topological polar surface area (TPSA) is 114 Å². The van der Waals surface area contributed by atoms with Gasteiger partial charge in [0.25, 0.3) is 10.0 Å². The first-order chi connectivity index (χ1) is 8.95. The summed E-state index contributed by atoms with van der Waals surface area (Å²) in [6.45, 7) is 1.81. The van der Waals surface area contributed by atoms with E-state index < -0.39 is 10.0 Å². The molecule has 9 heteroatoms. The number of hydrogen-bond acceptors (Lipinski definition) is 5. The third-order valence-corrected chi connectivity index (χ3v) is 4.48. The number of aromatic amines is 1. The first-order valence-corrected chi connectivity index (χ1v) is 7.59. The molecule has 0 saturated carbocycles. The molecule has 0 bridgehead atoms. The van der Waals surface area contributed by atoms with Crippen LogP contribution in [0.25, 0.3) is 0 Å². The second kappa shape index (κ2) is 5.27. The molecule has 0 aliphatic carbocycles. The van der Waals surface area contributed by atoms with Crippen molar-refractivity contribution < 1.29 is 8.42 Å². The number of aromatic nitrogens is 3. The summed E-state index contributed by atoms with van der Waals surface area (Å²) in [5.74, 6) is 0. The molecule has 0 aliphatic heterocycles. The molecule has 2 aromatic rings. The lowest BCUT2D eigenvalue weighted by molar-refractivity contribution is 0.596. The maximum atomic E-state index is 12.3. The van der Waals surface area contributed by atoms with Gasteiger partial charge in [-0.1, -0.05) is 0 Å². The molecule has 0 amide bonds. The highest BCUT2D eigenvalue weighted by molar-refractivity contribution is 9.10. The summed E-state index contributed by atoms with van der Waals surface area (Å²) in [5.41, 5.74) is 7.04. The van der Waals surface area contributed by atoms with Gasteiger partial charge in [0, 0.05) is 30.2 Å². The summed E-state index contributed by atoms with van der Waals surface area (Å²) >= 11 is 3.22. The summed E-state index contributed by atoms with van der Waals surface area (Å²) in [6.07, 6.45) is 2.99. The van der Waals surface area contributed by atoms with E-state index in [1.54, 1.807) is 13.0 Å². The Morgan fingerprint density at radius 2 is 2.26 bits per heavy atom. The molecule has 2 aromatic heterocycles. The van der Waals surface area contributed by atoms with Gasteiger partial charge >= 0.3 is 0 Å². The summed E-state index contributed by atoms with van der Waals surface area (Å²) in [5, 5.41) is 6.33. The molecule has 7 nitrogen and oxygen atoms in total. The number of anilines is 1. The van der Waals surface area contributed by atoms with Gasteiger partial charge in [-0.2, -0.15) is 13.5 Å². The average molecular weight is 346 g/mol.